The summed E-state index contributed by atoms with van der Waals surface area (Å²) in [6.07, 6.45) is 0. The molecule has 0 aromatic heterocycles. The molecule has 19 heavy (non-hydrogen) atoms. The van der Waals surface area contributed by atoms with Crippen molar-refractivity contribution < 1.29 is 24.2 Å². The van der Waals surface area contributed by atoms with Crippen molar-refractivity contribution in [3.8, 4) is 5.75 Å². The second-order valence-corrected chi connectivity index (χ2v) is 3.92. The summed E-state index contributed by atoms with van der Waals surface area (Å²) in [6, 6.07) is 6.83. The van der Waals surface area contributed by atoms with Gasteiger partial charge >= 0.3 is 5.97 Å². The van der Waals surface area contributed by atoms with Gasteiger partial charge in [-0.1, -0.05) is 23.7 Å². The maximum absolute atomic E-state index is 11.4. The maximum Gasteiger partial charge on any atom is 0.329 e. The number of hydrogen-bond donors (Lipinski definition) is 2. The summed E-state index contributed by atoms with van der Waals surface area (Å²) in [6.45, 7) is -0.198. The van der Waals surface area contributed by atoms with Gasteiger partial charge in [-0.3, -0.25) is 4.79 Å². The quantitative estimate of drug-likeness (QED) is 0.695. The molecule has 1 aromatic carbocycles. The second-order valence-electron chi connectivity index (χ2n) is 3.52. The van der Waals surface area contributed by atoms with Gasteiger partial charge in [-0.05, 0) is 12.1 Å². The third kappa shape index (κ3) is 6.64. The first-order valence-electron chi connectivity index (χ1n) is 5.53. The Bertz CT molecular complexity index is 438. The van der Waals surface area contributed by atoms with Crippen LogP contribution in [0.5, 0.6) is 5.75 Å². The number of carbonyl (C=O) groups is 2. The lowest BCUT2D eigenvalue weighted by Crippen LogP contribution is -2.32. The Morgan fingerprint density at radius 2 is 2.00 bits per heavy atom. The van der Waals surface area contributed by atoms with Crippen LogP contribution in [0.15, 0.2) is 24.3 Å². The lowest BCUT2D eigenvalue weighted by atomic mass is 10.3. The minimum absolute atomic E-state index is 0.129. The SMILES string of the molecule is O=C(O)COCCNC(=O)COc1ccccc1Cl. The van der Waals surface area contributed by atoms with Crippen LogP contribution in [-0.4, -0.2) is 43.3 Å². The van der Waals surface area contributed by atoms with Crippen molar-refractivity contribution in [2.75, 3.05) is 26.4 Å². The average molecular weight is 288 g/mol. The van der Waals surface area contributed by atoms with Crippen molar-refractivity contribution in [2.24, 2.45) is 0 Å². The van der Waals surface area contributed by atoms with Gasteiger partial charge in [0.25, 0.3) is 5.91 Å². The van der Waals surface area contributed by atoms with Crippen molar-refractivity contribution in [2.45, 2.75) is 0 Å². The number of amides is 1. The molecule has 0 atom stereocenters. The molecule has 0 unspecified atom stereocenters. The first-order chi connectivity index (χ1) is 9.09. The number of benzene rings is 1. The highest BCUT2D eigenvalue weighted by molar-refractivity contribution is 6.32. The van der Waals surface area contributed by atoms with E-state index in [9.17, 15) is 9.59 Å². The molecule has 0 aliphatic carbocycles. The smallest absolute Gasteiger partial charge is 0.329 e. The molecule has 0 spiro atoms. The second kappa shape index (κ2) is 8.34. The van der Waals surface area contributed by atoms with Crippen LogP contribution in [0.25, 0.3) is 0 Å². The van der Waals surface area contributed by atoms with Crippen LogP contribution >= 0.6 is 11.6 Å². The molecule has 7 heteroatoms. The molecular formula is C12H14ClNO5. The Labute approximate surface area is 115 Å². The molecule has 0 aliphatic heterocycles. The van der Waals surface area contributed by atoms with E-state index in [0.29, 0.717) is 10.8 Å². The van der Waals surface area contributed by atoms with Crippen molar-refractivity contribution in [1.82, 2.24) is 5.32 Å². The van der Waals surface area contributed by atoms with Gasteiger partial charge in [0.2, 0.25) is 0 Å². The fraction of sp³-hybridized carbons (Fsp3) is 0.333. The fourth-order valence-corrected chi connectivity index (χ4v) is 1.37. The average Bonchev–Trinajstić information content (AvgIpc) is 2.37. The van der Waals surface area contributed by atoms with E-state index in [1.54, 1.807) is 24.3 Å². The molecule has 1 amide bonds. The Morgan fingerprint density at radius 1 is 1.26 bits per heavy atom. The van der Waals surface area contributed by atoms with Crippen LogP contribution in [0.3, 0.4) is 0 Å². The molecule has 2 N–H and O–H groups in total. The van der Waals surface area contributed by atoms with E-state index in [-0.39, 0.29) is 32.3 Å². The number of halogens is 1. The minimum atomic E-state index is -1.05. The molecular weight excluding hydrogens is 274 g/mol. The van der Waals surface area contributed by atoms with Gasteiger partial charge in [0.15, 0.2) is 6.61 Å². The van der Waals surface area contributed by atoms with Gasteiger partial charge in [-0.15, -0.1) is 0 Å². The molecule has 1 aromatic rings. The number of nitrogens with one attached hydrogen (secondary N) is 1. The lowest BCUT2D eigenvalue weighted by molar-refractivity contribution is -0.142. The van der Waals surface area contributed by atoms with E-state index in [0.717, 1.165) is 0 Å². The van der Waals surface area contributed by atoms with Crippen molar-refractivity contribution >= 4 is 23.5 Å². The van der Waals surface area contributed by atoms with Crippen molar-refractivity contribution in [1.29, 1.82) is 0 Å². The molecule has 0 radical (unpaired) electrons. The highest BCUT2D eigenvalue weighted by Crippen LogP contribution is 2.22. The van der Waals surface area contributed by atoms with Crippen molar-refractivity contribution in [3.63, 3.8) is 0 Å². The van der Waals surface area contributed by atoms with E-state index in [1.807, 2.05) is 0 Å². The van der Waals surface area contributed by atoms with Crippen LogP contribution in [0, 0.1) is 0 Å². The molecule has 0 bridgehead atoms. The Morgan fingerprint density at radius 3 is 2.68 bits per heavy atom. The van der Waals surface area contributed by atoms with Crippen LogP contribution in [0.2, 0.25) is 5.02 Å². The third-order valence-electron chi connectivity index (χ3n) is 1.99. The van der Waals surface area contributed by atoms with E-state index in [1.165, 1.54) is 0 Å². The molecule has 0 heterocycles. The van der Waals surface area contributed by atoms with Gasteiger partial charge in [-0.25, -0.2) is 4.79 Å². The predicted octanol–water partition coefficient (Wildman–Crippen LogP) is 0.936. The molecule has 0 saturated heterocycles. The zero-order valence-corrected chi connectivity index (χ0v) is 10.9. The molecule has 1 rings (SSSR count). The maximum atomic E-state index is 11.4. The number of rotatable bonds is 8. The summed E-state index contributed by atoms with van der Waals surface area (Å²) in [7, 11) is 0. The summed E-state index contributed by atoms with van der Waals surface area (Å²) in [5.74, 6) is -0.950. The first-order valence-corrected chi connectivity index (χ1v) is 5.91. The molecule has 6 nitrogen and oxygen atoms in total. The molecule has 0 saturated carbocycles. The van der Waals surface area contributed by atoms with Gasteiger partial charge in [-0.2, -0.15) is 0 Å². The number of carbonyl (C=O) groups excluding carboxylic acids is 1. The number of ether oxygens (including phenoxy) is 2. The van der Waals surface area contributed by atoms with Crippen LogP contribution in [0.4, 0.5) is 0 Å². The van der Waals surface area contributed by atoms with E-state index in [2.05, 4.69) is 5.32 Å². The number of para-hydroxylation sites is 1. The van der Waals surface area contributed by atoms with Gasteiger partial charge < -0.3 is 19.9 Å². The van der Waals surface area contributed by atoms with Gasteiger partial charge in [0.05, 0.1) is 11.6 Å². The summed E-state index contributed by atoms with van der Waals surface area (Å²) < 4.78 is 9.97. The Hall–Kier alpha value is -1.79. The minimum Gasteiger partial charge on any atom is -0.482 e. The normalized spacial score (nSPS) is 9.95. The number of carboxylic acid groups (broad SMARTS) is 1. The van der Waals surface area contributed by atoms with Gasteiger partial charge in [0.1, 0.15) is 12.4 Å². The third-order valence-corrected chi connectivity index (χ3v) is 2.30. The molecule has 0 fully saturated rings. The van der Waals surface area contributed by atoms with Crippen molar-refractivity contribution in [3.05, 3.63) is 29.3 Å². The number of aliphatic carboxylic acids is 1. The van der Waals surface area contributed by atoms with E-state index in [4.69, 9.17) is 26.2 Å². The monoisotopic (exact) mass is 287 g/mol. The van der Waals surface area contributed by atoms with Crippen LogP contribution < -0.4 is 10.1 Å². The summed E-state index contributed by atoms with van der Waals surface area (Å²) in [5, 5.41) is 11.3. The highest BCUT2D eigenvalue weighted by Gasteiger charge is 2.05. The molecule has 0 aliphatic rings. The van der Waals surface area contributed by atoms with Gasteiger partial charge in [0, 0.05) is 6.54 Å². The first kappa shape index (κ1) is 15.3. The van der Waals surface area contributed by atoms with E-state index < -0.39 is 5.97 Å². The zero-order chi connectivity index (χ0) is 14.1. The topological polar surface area (TPSA) is 84.9 Å². The Balaban J connectivity index is 2.15. The zero-order valence-electron chi connectivity index (χ0n) is 10.1. The van der Waals surface area contributed by atoms with Crippen LogP contribution in [-0.2, 0) is 14.3 Å². The fourth-order valence-electron chi connectivity index (χ4n) is 1.18. The van der Waals surface area contributed by atoms with E-state index >= 15 is 0 Å². The number of carboxylic acids is 1. The largest absolute Gasteiger partial charge is 0.482 e. The number of hydrogen-bond acceptors (Lipinski definition) is 4. The summed E-state index contributed by atoms with van der Waals surface area (Å²) >= 11 is 5.85. The summed E-state index contributed by atoms with van der Waals surface area (Å²) in [4.78, 5) is 21.5. The Kier molecular flexibility index (Phi) is 6.70. The molecule has 104 valence electrons. The summed E-state index contributed by atoms with van der Waals surface area (Å²) in [5.41, 5.74) is 0. The predicted molar refractivity (Wildman–Crippen MR) is 68.4 cm³/mol. The standard InChI is InChI=1S/C12H14ClNO5/c13-9-3-1-2-4-10(9)19-7-11(15)14-5-6-18-8-12(16)17/h1-4H,5-8H2,(H,14,15)(H,16,17). The highest BCUT2D eigenvalue weighted by atomic mass is 35.5. The van der Waals surface area contributed by atoms with Crippen LogP contribution in [0.1, 0.15) is 0 Å². The lowest BCUT2D eigenvalue weighted by Gasteiger charge is -2.08.